The van der Waals surface area contributed by atoms with E-state index in [2.05, 4.69) is 0 Å². The summed E-state index contributed by atoms with van der Waals surface area (Å²) in [6, 6.07) is -2.01. The number of halogens is 6. The third kappa shape index (κ3) is 5.75. The highest BCUT2D eigenvalue weighted by atomic mass is 32.2. The molecule has 8 atom stereocenters. The maximum absolute atomic E-state index is 13.9. The molecular formula is C27H38F6N2O4S2. The lowest BCUT2D eigenvalue weighted by molar-refractivity contribution is -0.0509. The van der Waals surface area contributed by atoms with E-state index in [0.717, 1.165) is 51.4 Å². The number of rotatable bonds is 2. The van der Waals surface area contributed by atoms with Gasteiger partial charge in [0, 0.05) is 25.2 Å². The first kappa shape index (κ1) is 31.3. The standard InChI is InChI=1S/C27H38F6N2O4S2/c28-26(29,30)40(36,37)34-14-7-15-35(41(38,39)27(31,32)33)25-17-19-9-2-4-11-21(19)23(25)13-6-5-12-22-20-10-3-1-8-18(20)16-24(22)34/h5-6,12-13,18-25H,1-4,7-11,14-17H2/t18-,19-,20+,21+,22-,23-,24+,25?/m1/s1. The van der Waals surface area contributed by atoms with Crippen molar-refractivity contribution in [3.8, 4) is 0 Å². The van der Waals surface area contributed by atoms with Crippen molar-refractivity contribution in [3.63, 3.8) is 0 Å². The quantitative estimate of drug-likeness (QED) is 0.340. The average molecular weight is 633 g/mol. The van der Waals surface area contributed by atoms with E-state index in [9.17, 15) is 43.2 Å². The molecule has 0 aromatic rings. The first-order valence-electron chi connectivity index (χ1n) is 14.7. The van der Waals surface area contributed by atoms with E-state index >= 15 is 0 Å². The number of sulfonamides is 2. The zero-order chi connectivity index (χ0) is 29.8. The topological polar surface area (TPSA) is 74.8 Å². The summed E-state index contributed by atoms with van der Waals surface area (Å²) in [7, 11) is -11.6. The van der Waals surface area contributed by atoms with Crippen LogP contribution in [0.2, 0.25) is 0 Å². The van der Waals surface area contributed by atoms with Crippen LogP contribution in [0.3, 0.4) is 0 Å². The highest BCUT2D eigenvalue weighted by Crippen LogP contribution is 2.52. The molecule has 4 fully saturated rings. The van der Waals surface area contributed by atoms with Crippen LogP contribution in [-0.2, 0) is 20.0 Å². The second-order valence-electron chi connectivity index (χ2n) is 12.4. The summed E-state index contributed by atoms with van der Waals surface area (Å²) in [5, 5.41) is 0. The highest BCUT2D eigenvalue weighted by Gasteiger charge is 2.58. The van der Waals surface area contributed by atoms with Gasteiger partial charge in [0.25, 0.3) is 0 Å². The van der Waals surface area contributed by atoms with Gasteiger partial charge in [0.05, 0.1) is 0 Å². The SMILES string of the molecule is O=S(=O)(N1CCCN(S(=O)(=O)C(F)(F)F)[C@H]2C[C@H]3CCCC[C@@H]3[C@H]2C=CC=C[C@H]2C1C[C@H]1CCCC[C@@H]12)C(F)(F)F. The minimum Gasteiger partial charge on any atom is -0.203 e. The van der Waals surface area contributed by atoms with Crippen LogP contribution in [0.5, 0.6) is 0 Å². The molecule has 14 heteroatoms. The van der Waals surface area contributed by atoms with Gasteiger partial charge in [0.2, 0.25) is 0 Å². The number of hydrogen-bond donors (Lipinski definition) is 0. The number of nitrogens with zero attached hydrogens (tertiary/aromatic N) is 2. The first-order valence-corrected chi connectivity index (χ1v) is 17.5. The van der Waals surface area contributed by atoms with Crippen molar-refractivity contribution < 1.29 is 43.2 Å². The van der Waals surface area contributed by atoms with Crippen LogP contribution in [0.15, 0.2) is 24.3 Å². The Balaban J connectivity index is 1.57. The fourth-order valence-corrected chi connectivity index (χ4v) is 11.1. The largest absolute Gasteiger partial charge is 0.511 e. The molecule has 0 aromatic heterocycles. The van der Waals surface area contributed by atoms with Crippen molar-refractivity contribution in [2.45, 2.75) is 93.7 Å². The molecule has 234 valence electrons. The fourth-order valence-electron chi connectivity index (χ4n) is 8.70. The molecule has 0 saturated heterocycles. The first-order chi connectivity index (χ1) is 19.1. The van der Waals surface area contributed by atoms with Crippen LogP contribution in [0.1, 0.15) is 70.6 Å². The summed E-state index contributed by atoms with van der Waals surface area (Å²) < 4.78 is 136. The average Bonchev–Trinajstić information content (AvgIpc) is 3.42. The number of alkyl halides is 6. The lowest BCUT2D eigenvalue weighted by Gasteiger charge is -2.35. The van der Waals surface area contributed by atoms with Crippen molar-refractivity contribution in [1.29, 1.82) is 0 Å². The minimum absolute atomic E-state index is 0.0125. The summed E-state index contributed by atoms with van der Waals surface area (Å²) in [5.41, 5.74) is -11.2. The number of allylic oxidation sites excluding steroid dienone is 2. The van der Waals surface area contributed by atoms with Gasteiger partial charge >= 0.3 is 31.1 Å². The summed E-state index contributed by atoms with van der Waals surface area (Å²) in [5.74, 6) is -0.817. The molecule has 5 rings (SSSR count). The van der Waals surface area contributed by atoms with Gasteiger partial charge in [-0.15, -0.1) is 0 Å². The van der Waals surface area contributed by atoms with Crippen molar-refractivity contribution in [2.24, 2.45) is 35.5 Å². The van der Waals surface area contributed by atoms with Gasteiger partial charge in [-0.25, -0.2) is 16.8 Å². The van der Waals surface area contributed by atoms with E-state index < -0.39 is 74.5 Å². The third-order valence-electron chi connectivity index (χ3n) is 10.4. The van der Waals surface area contributed by atoms with Crippen molar-refractivity contribution in [1.82, 2.24) is 8.61 Å². The molecule has 41 heavy (non-hydrogen) atoms. The lowest BCUT2D eigenvalue weighted by Crippen LogP contribution is -2.51. The van der Waals surface area contributed by atoms with Gasteiger partial charge in [-0.2, -0.15) is 35.0 Å². The van der Waals surface area contributed by atoms with Crippen LogP contribution in [-0.4, -0.2) is 61.6 Å². The van der Waals surface area contributed by atoms with Crippen LogP contribution in [0.25, 0.3) is 0 Å². The Kier molecular flexibility index (Phi) is 8.72. The number of fused-ring (bicyclic) bond motifs is 6. The maximum Gasteiger partial charge on any atom is 0.511 e. The maximum atomic E-state index is 13.9. The van der Waals surface area contributed by atoms with Gasteiger partial charge in [-0.3, -0.25) is 0 Å². The molecular weight excluding hydrogens is 594 g/mol. The summed E-state index contributed by atoms with van der Waals surface area (Å²) in [4.78, 5) is 0. The third-order valence-corrected chi connectivity index (χ3v) is 13.7. The van der Waals surface area contributed by atoms with E-state index in [0.29, 0.717) is 8.61 Å². The van der Waals surface area contributed by atoms with Gasteiger partial charge in [0.1, 0.15) is 0 Å². The van der Waals surface area contributed by atoms with Gasteiger partial charge in [-0.05, 0) is 67.6 Å². The zero-order valence-corrected chi connectivity index (χ0v) is 24.4. The smallest absolute Gasteiger partial charge is 0.203 e. The predicted molar refractivity (Wildman–Crippen MR) is 141 cm³/mol. The monoisotopic (exact) mass is 632 g/mol. The van der Waals surface area contributed by atoms with Crippen molar-refractivity contribution >= 4 is 20.0 Å². The molecule has 0 N–H and O–H groups in total. The van der Waals surface area contributed by atoms with Crippen LogP contribution in [0.4, 0.5) is 26.3 Å². The lowest BCUT2D eigenvalue weighted by atomic mass is 9.77. The van der Waals surface area contributed by atoms with E-state index in [-0.39, 0.29) is 36.5 Å². The summed E-state index contributed by atoms with van der Waals surface area (Å²) in [6.45, 7) is -1.42. The molecule has 4 aliphatic carbocycles. The van der Waals surface area contributed by atoms with Crippen molar-refractivity contribution in [3.05, 3.63) is 24.3 Å². The van der Waals surface area contributed by atoms with E-state index in [4.69, 9.17) is 0 Å². The predicted octanol–water partition coefficient (Wildman–Crippen LogP) is 6.20. The molecule has 0 aromatic carbocycles. The van der Waals surface area contributed by atoms with E-state index in [1.165, 1.54) is 0 Å². The van der Waals surface area contributed by atoms with Crippen LogP contribution in [0, 0.1) is 35.5 Å². The molecule has 0 spiro atoms. The zero-order valence-electron chi connectivity index (χ0n) is 22.7. The van der Waals surface area contributed by atoms with Gasteiger partial charge in [-0.1, -0.05) is 62.8 Å². The molecule has 1 aliphatic heterocycles. The Morgan fingerprint density at radius 1 is 0.561 bits per heavy atom. The van der Waals surface area contributed by atoms with E-state index in [1.807, 2.05) is 0 Å². The molecule has 4 saturated carbocycles. The Morgan fingerprint density at radius 2 is 0.927 bits per heavy atom. The number of hydrogen-bond acceptors (Lipinski definition) is 4. The molecule has 5 aliphatic rings. The summed E-state index contributed by atoms with van der Waals surface area (Å²) in [6.07, 6.45) is 13.6. The van der Waals surface area contributed by atoms with Crippen molar-refractivity contribution in [2.75, 3.05) is 13.1 Å². The van der Waals surface area contributed by atoms with Gasteiger partial charge in [0.15, 0.2) is 0 Å². The van der Waals surface area contributed by atoms with Crippen LogP contribution >= 0.6 is 0 Å². The molecule has 1 unspecified atom stereocenters. The second kappa shape index (κ2) is 11.4. The Morgan fingerprint density at radius 3 is 1.29 bits per heavy atom. The molecule has 0 radical (unpaired) electrons. The molecule has 0 amide bonds. The van der Waals surface area contributed by atoms with Crippen LogP contribution < -0.4 is 0 Å². The normalized spacial score (nSPS) is 38.2. The minimum atomic E-state index is -5.82. The fraction of sp³-hybridized carbons (Fsp3) is 0.852. The Labute approximate surface area is 238 Å². The summed E-state index contributed by atoms with van der Waals surface area (Å²) >= 11 is 0. The van der Waals surface area contributed by atoms with E-state index in [1.54, 1.807) is 24.3 Å². The van der Waals surface area contributed by atoms with Gasteiger partial charge < -0.3 is 0 Å². The molecule has 1 heterocycles. The molecule has 0 bridgehead atoms. The Hall–Kier alpha value is -1.12. The highest BCUT2D eigenvalue weighted by molar-refractivity contribution is 7.90. The second-order valence-corrected chi connectivity index (χ2v) is 16.2. The molecule has 6 nitrogen and oxygen atoms in total. The Bertz CT molecular complexity index is 1140.